The number of aryl methyl sites for hydroxylation is 1. The van der Waals surface area contributed by atoms with E-state index in [1.807, 2.05) is 0 Å². The van der Waals surface area contributed by atoms with Crippen LogP contribution in [0.3, 0.4) is 0 Å². The van der Waals surface area contributed by atoms with Gasteiger partial charge in [0.2, 0.25) is 0 Å². The minimum atomic E-state index is -4.63. The van der Waals surface area contributed by atoms with Crippen LogP contribution in [0.5, 0.6) is 5.75 Å². The first-order valence-electron chi connectivity index (χ1n) is 7.27. The molecule has 128 valence electrons. The minimum absolute atomic E-state index is 0.0110. The van der Waals surface area contributed by atoms with Gasteiger partial charge in [0.05, 0.1) is 0 Å². The summed E-state index contributed by atoms with van der Waals surface area (Å²) in [5.41, 5.74) is 0.330. The number of hydrogen-bond donors (Lipinski definition) is 2. The fraction of sp³-hybridized carbons (Fsp3) is 0.118. The zero-order valence-electron chi connectivity index (χ0n) is 13.0. The molecule has 8 heteroatoms. The molecule has 0 spiro atoms. The molecule has 0 amide bonds. The molecular formula is C17H13F3N4O. The van der Waals surface area contributed by atoms with E-state index in [-0.39, 0.29) is 23.1 Å². The van der Waals surface area contributed by atoms with Crippen molar-refractivity contribution in [1.82, 2.24) is 15.0 Å². The molecule has 0 atom stereocenters. The molecule has 0 aliphatic heterocycles. The van der Waals surface area contributed by atoms with Crippen LogP contribution in [0, 0.1) is 6.92 Å². The van der Waals surface area contributed by atoms with Gasteiger partial charge in [0.1, 0.15) is 17.3 Å². The SMILES string of the molecule is Cc1ccc(O)cc1Nc1cc(C(F)(F)F)nc(-c2ccccn2)n1. The number of hydrogen-bond acceptors (Lipinski definition) is 5. The van der Waals surface area contributed by atoms with Gasteiger partial charge in [0, 0.05) is 24.0 Å². The standard InChI is InChI=1S/C17H13F3N4O/c1-10-5-6-11(25)8-13(10)22-15-9-14(17(18,19)20)23-16(24-15)12-4-2-3-7-21-12/h2-9,25H,1H3,(H,22,23,24). The van der Waals surface area contributed by atoms with Crippen LogP contribution in [0.4, 0.5) is 24.7 Å². The van der Waals surface area contributed by atoms with Crippen molar-refractivity contribution < 1.29 is 18.3 Å². The summed E-state index contributed by atoms with van der Waals surface area (Å²) in [6, 6.07) is 10.2. The largest absolute Gasteiger partial charge is 0.508 e. The van der Waals surface area contributed by atoms with Crippen molar-refractivity contribution in [3.8, 4) is 17.3 Å². The molecule has 25 heavy (non-hydrogen) atoms. The summed E-state index contributed by atoms with van der Waals surface area (Å²) in [5.74, 6) is -0.199. The number of rotatable bonds is 3. The number of phenols is 1. The number of halogens is 3. The molecule has 0 aliphatic rings. The van der Waals surface area contributed by atoms with Gasteiger partial charge >= 0.3 is 6.18 Å². The summed E-state index contributed by atoms with van der Waals surface area (Å²) in [4.78, 5) is 11.7. The summed E-state index contributed by atoms with van der Waals surface area (Å²) < 4.78 is 39.5. The Balaban J connectivity index is 2.08. The predicted octanol–water partition coefficient (Wildman–Crippen LogP) is 4.32. The predicted molar refractivity (Wildman–Crippen MR) is 86.4 cm³/mol. The molecule has 0 bridgehead atoms. The number of nitrogens with one attached hydrogen (secondary N) is 1. The van der Waals surface area contributed by atoms with E-state index in [1.165, 1.54) is 24.4 Å². The third-order valence-electron chi connectivity index (χ3n) is 3.39. The summed E-state index contributed by atoms with van der Waals surface area (Å²) in [5, 5.41) is 12.4. The molecule has 3 rings (SSSR count). The lowest BCUT2D eigenvalue weighted by Crippen LogP contribution is -2.11. The molecule has 5 nitrogen and oxygen atoms in total. The second-order valence-corrected chi connectivity index (χ2v) is 5.30. The van der Waals surface area contributed by atoms with E-state index >= 15 is 0 Å². The first kappa shape index (κ1) is 16.7. The maximum absolute atomic E-state index is 13.2. The topological polar surface area (TPSA) is 70.9 Å². The van der Waals surface area contributed by atoms with Crippen LogP contribution < -0.4 is 5.32 Å². The van der Waals surface area contributed by atoms with E-state index in [2.05, 4.69) is 20.3 Å². The maximum atomic E-state index is 13.2. The molecule has 3 aromatic rings. The quantitative estimate of drug-likeness (QED) is 0.739. The molecule has 0 unspecified atom stereocenters. The average Bonchev–Trinajstić information content (AvgIpc) is 2.58. The van der Waals surface area contributed by atoms with Crippen molar-refractivity contribution >= 4 is 11.5 Å². The molecule has 1 aromatic carbocycles. The van der Waals surface area contributed by atoms with Gasteiger partial charge in [-0.2, -0.15) is 13.2 Å². The molecule has 2 aromatic heterocycles. The highest BCUT2D eigenvalue weighted by molar-refractivity contribution is 5.64. The van der Waals surface area contributed by atoms with Crippen molar-refractivity contribution in [2.24, 2.45) is 0 Å². The Kier molecular flexibility index (Phi) is 4.26. The highest BCUT2D eigenvalue weighted by Crippen LogP contribution is 2.32. The molecular weight excluding hydrogens is 333 g/mol. The van der Waals surface area contributed by atoms with Gasteiger partial charge in [-0.25, -0.2) is 9.97 Å². The summed E-state index contributed by atoms with van der Waals surface area (Å²) in [6.45, 7) is 1.76. The minimum Gasteiger partial charge on any atom is -0.508 e. The van der Waals surface area contributed by atoms with Crippen LogP contribution in [-0.2, 0) is 6.18 Å². The van der Waals surface area contributed by atoms with Crippen molar-refractivity contribution in [1.29, 1.82) is 0 Å². The van der Waals surface area contributed by atoms with Crippen LogP contribution >= 0.6 is 0 Å². The lowest BCUT2D eigenvalue weighted by molar-refractivity contribution is -0.141. The van der Waals surface area contributed by atoms with Gasteiger partial charge in [-0.1, -0.05) is 12.1 Å². The van der Waals surface area contributed by atoms with E-state index in [9.17, 15) is 18.3 Å². The van der Waals surface area contributed by atoms with Gasteiger partial charge in [0.15, 0.2) is 11.5 Å². The highest BCUT2D eigenvalue weighted by atomic mass is 19.4. The van der Waals surface area contributed by atoms with Gasteiger partial charge in [-0.3, -0.25) is 4.98 Å². The maximum Gasteiger partial charge on any atom is 0.433 e. The number of alkyl halides is 3. The van der Waals surface area contributed by atoms with Crippen molar-refractivity contribution in [2.45, 2.75) is 13.1 Å². The molecule has 0 saturated carbocycles. The Bertz CT molecular complexity index is 898. The zero-order valence-corrected chi connectivity index (χ0v) is 13.0. The fourth-order valence-corrected chi connectivity index (χ4v) is 2.15. The van der Waals surface area contributed by atoms with E-state index in [0.29, 0.717) is 5.69 Å². The van der Waals surface area contributed by atoms with Crippen LogP contribution in [0.2, 0.25) is 0 Å². The second kappa shape index (κ2) is 6.39. The lowest BCUT2D eigenvalue weighted by atomic mass is 10.2. The Labute approximate surface area is 141 Å². The third kappa shape index (κ3) is 3.85. The summed E-state index contributed by atoms with van der Waals surface area (Å²) >= 11 is 0. The summed E-state index contributed by atoms with van der Waals surface area (Å²) in [6.07, 6.45) is -3.18. The smallest absolute Gasteiger partial charge is 0.433 e. The number of benzene rings is 1. The van der Waals surface area contributed by atoms with Crippen LogP contribution in [0.1, 0.15) is 11.3 Å². The molecule has 0 radical (unpaired) electrons. The average molecular weight is 346 g/mol. The van der Waals surface area contributed by atoms with Gasteiger partial charge in [0.25, 0.3) is 0 Å². The number of anilines is 2. The Morgan fingerprint density at radius 1 is 1.04 bits per heavy atom. The van der Waals surface area contributed by atoms with E-state index in [1.54, 1.807) is 25.1 Å². The van der Waals surface area contributed by atoms with Crippen molar-refractivity contribution in [2.75, 3.05) is 5.32 Å². The van der Waals surface area contributed by atoms with E-state index in [0.717, 1.165) is 11.6 Å². The first-order chi connectivity index (χ1) is 11.8. The molecule has 2 heterocycles. The van der Waals surface area contributed by atoms with Gasteiger partial charge < -0.3 is 10.4 Å². The van der Waals surface area contributed by atoms with Crippen molar-refractivity contribution in [3.63, 3.8) is 0 Å². The third-order valence-corrected chi connectivity index (χ3v) is 3.39. The Morgan fingerprint density at radius 3 is 2.52 bits per heavy atom. The van der Waals surface area contributed by atoms with Gasteiger partial charge in [-0.15, -0.1) is 0 Å². The first-order valence-corrected chi connectivity index (χ1v) is 7.27. The zero-order chi connectivity index (χ0) is 18.0. The van der Waals surface area contributed by atoms with Crippen molar-refractivity contribution in [3.05, 3.63) is 59.9 Å². The van der Waals surface area contributed by atoms with E-state index in [4.69, 9.17) is 0 Å². The number of pyridine rings is 1. The lowest BCUT2D eigenvalue weighted by Gasteiger charge is -2.13. The molecule has 0 fully saturated rings. The van der Waals surface area contributed by atoms with E-state index < -0.39 is 11.9 Å². The fourth-order valence-electron chi connectivity index (χ4n) is 2.15. The van der Waals surface area contributed by atoms with Crippen LogP contribution in [0.25, 0.3) is 11.5 Å². The normalized spacial score (nSPS) is 11.4. The highest BCUT2D eigenvalue weighted by Gasteiger charge is 2.34. The number of phenolic OH excluding ortho intramolecular Hbond substituents is 1. The number of aromatic hydroxyl groups is 1. The summed E-state index contributed by atoms with van der Waals surface area (Å²) in [7, 11) is 0. The Hall–Kier alpha value is -3.16. The number of nitrogens with zero attached hydrogens (tertiary/aromatic N) is 3. The molecule has 0 aliphatic carbocycles. The monoisotopic (exact) mass is 346 g/mol. The number of aromatic nitrogens is 3. The van der Waals surface area contributed by atoms with Gasteiger partial charge in [-0.05, 0) is 30.7 Å². The van der Waals surface area contributed by atoms with Crippen LogP contribution in [0.15, 0.2) is 48.7 Å². The molecule has 0 saturated heterocycles. The second-order valence-electron chi connectivity index (χ2n) is 5.30. The molecule has 2 N–H and O–H groups in total. The Morgan fingerprint density at radius 2 is 1.84 bits per heavy atom. The van der Waals surface area contributed by atoms with Crippen LogP contribution in [-0.4, -0.2) is 20.1 Å².